The Morgan fingerprint density at radius 1 is 0.472 bits per heavy atom. The van der Waals surface area contributed by atoms with Crippen LogP contribution in [0.1, 0.15) is 25.0 Å². The highest BCUT2D eigenvalue weighted by Crippen LogP contribution is 2.50. The van der Waals surface area contributed by atoms with Gasteiger partial charge in [-0.15, -0.1) is 0 Å². The second kappa shape index (κ2) is 7.70. The zero-order valence-corrected chi connectivity index (χ0v) is 21.0. The lowest BCUT2D eigenvalue weighted by Gasteiger charge is -2.23. The van der Waals surface area contributed by atoms with Gasteiger partial charge >= 0.3 is 0 Å². The van der Waals surface area contributed by atoms with Crippen molar-refractivity contribution in [2.75, 3.05) is 0 Å². The molecule has 0 saturated heterocycles. The molecule has 0 saturated carbocycles. The summed E-state index contributed by atoms with van der Waals surface area (Å²) in [6.07, 6.45) is 0. The third-order valence-corrected chi connectivity index (χ3v) is 8.27. The van der Waals surface area contributed by atoms with Crippen LogP contribution in [0, 0.1) is 0 Å². The molecule has 0 atom stereocenters. The van der Waals surface area contributed by atoms with Crippen molar-refractivity contribution in [1.82, 2.24) is 0 Å². The summed E-state index contributed by atoms with van der Waals surface area (Å²) >= 11 is 0. The Labute approximate surface area is 213 Å². The molecule has 0 spiro atoms. The van der Waals surface area contributed by atoms with Crippen molar-refractivity contribution in [2.24, 2.45) is 0 Å². The Morgan fingerprint density at radius 2 is 1.11 bits per heavy atom. The topological polar surface area (TPSA) is 0 Å². The van der Waals surface area contributed by atoms with Crippen molar-refractivity contribution < 1.29 is 0 Å². The highest BCUT2D eigenvalue weighted by atomic mass is 14.4. The SMILES string of the molecule is Bc1c2ccccc2c(-c2ccc3c(c2)C(C)(C)c2ccccc2-3)c2cc(-c3ccccc3)ccc12. The van der Waals surface area contributed by atoms with Gasteiger partial charge < -0.3 is 0 Å². The minimum atomic E-state index is -0.0204. The number of fused-ring (bicyclic) bond motifs is 5. The summed E-state index contributed by atoms with van der Waals surface area (Å²) in [6.45, 7) is 4.72. The third kappa shape index (κ3) is 2.96. The number of hydrogen-bond acceptors (Lipinski definition) is 0. The molecule has 0 radical (unpaired) electrons. The van der Waals surface area contributed by atoms with E-state index in [2.05, 4.69) is 137 Å². The maximum atomic E-state index is 2.46. The van der Waals surface area contributed by atoms with Gasteiger partial charge in [0.05, 0.1) is 0 Å². The summed E-state index contributed by atoms with van der Waals surface area (Å²) in [6, 6.07) is 42.6. The highest BCUT2D eigenvalue weighted by Gasteiger charge is 2.35. The van der Waals surface area contributed by atoms with Gasteiger partial charge in [0, 0.05) is 5.41 Å². The molecule has 0 heterocycles. The molecule has 0 aliphatic heterocycles. The van der Waals surface area contributed by atoms with Crippen LogP contribution >= 0.6 is 0 Å². The minimum absolute atomic E-state index is 0.0204. The van der Waals surface area contributed by atoms with E-state index >= 15 is 0 Å². The zero-order valence-electron chi connectivity index (χ0n) is 21.0. The van der Waals surface area contributed by atoms with Crippen LogP contribution in [0.25, 0.3) is 54.9 Å². The van der Waals surface area contributed by atoms with Crippen molar-refractivity contribution in [3.8, 4) is 33.4 Å². The van der Waals surface area contributed by atoms with Crippen LogP contribution in [-0.2, 0) is 5.41 Å². The summed E-state index contributed by atoms with van der Waals surface area (Å²) in [5, 5.41) is 5.30. The van der Waals surface area contributed by atoms with Gasteiger partial charge in [-0.05, 0) is 78.2 Å². The quantitative estimate of drug-likeness (QED) is 0.183. The molecule has 1 aliphatic carbocycles. The van der Waals surface area contributed by atoms with E-state index in [9.17, 15) is 0 Å². The van der Waals surface area contributed by atoms with Crippen LogP contribution in [0.3, 0.4) is 0 Å². The van der Waals surface area contributed by atoms with Crippen LogP contribution in [0.4, 0.5) is 0 Å². The molecule has 1 heteroatoms. The Kier molecular flexibility index (Phi) is 4.54. The van der Waals surface area contributed by atoms with Crippen LogP contribution in [0.5, 0.6) is 0 Å². The van der Waals surface area contributed by atoms with E-state index in [4.69, 9.17) is 0 Å². The van der Waals surface area contributed by atoms with Gasteiger partial charge in [0.15, 0.2) is 0 Å². The molecule has 0 unspecified atom stereocenters. The molecular weight excluding hydrogens is 431 g/mol. The fraction of sp³-hybridized carbons (Fsp3) is 0.0857. The van der Waals surface area contributed by atoms with Gasteiger partial charge in [-0.2, -0.15) is 0 Å². The van der Waals surface area contributed by atoms with E-state index in [-0.39, 0.29) is 5.41 Å². The Balaban J connectivity index is 1.56. The fourth-order valence-corrected chi connectivity index (χ4v) is 6.38. The van der Waals surface area contributed by atoms with Gasteiger partial charge in [-0.1, -0.05) is 122 Å². The monoisotopic (exact) mass is 458 g/mol. The summed E-state index contributed by atoms with van der Waals surface area (Å²) in [4.78, 5) is 0. The lowest BCUT2D eigenvalue weighted by Crippen LogP contribution is -2.15. The standard InChI is InChI=1S/C35H27B/c1-35(2)31-15-9-8-12-25(31)26-18-17-24(21-32(26)35)33-27-13-6-7-14-28(27)34(36)29-19-16-23(20-30(29)33)22-10-4-3-5-11-22/h3-21H,36H2,1-2H3. The molecule has 0 nitrogen and oxygen atoms in total. The smallest absolute Gasteiger partial charge is 0.0735 e. The average molecular weight is 458 g/mol. The van der Waals surface area contributed by atoms with Crippen LogP contribution in [0.15, 0.2) is 115 Å². The zero-order chi connectivity index (χ0) is 24.4. The third-order valence-electron chi connectivity index (χ3n) is 8.27. The molecule has 0 N–H and O–H groups in total. The molecule has 36 heavy (non-hydrogen) atoms. The van der Waals surface area contributed by atoms with Crippen molar-refractivity contribution in [3.63, 3.8) is 0 Å². The molecule has 0 bridgehead atoms. The van der Waals surface area contributed by atoms with E-state index in [1.54, 1.807) is 0 Å². The lowest BCUT2D eigenvalue weighted by molar-refractivity contribution is 0.660. The molecule has 0 amide bonds. The van der Waals surface area contributed by atoms with E-state index in [0.717, 1.165) is 0 Å². The maximum absolute atomic E-state index is 2.46. The normalized spacial score (nSPS) is 13.6. The first kappa shape index (κ1) is 21.2. The van der Waals surface area contributed by atoms with Gasteiger partial charge in [-0.25, -0.2) is 0 Å². The maximum Gasteiger partial charge on any atom is 0.140 e. The minimum Gasteiger partial charge on any atom is -0.0735 e. The van der Waals surface area contributed by atoms with Crippen LogP contribution < -0.4 is 5.46 Å². The number of benzene rings is 6. The largest absolute Gasteiger partial charge is 0.140 e. The van der Waals surface area contributed by atoms with Crippen LogP contribution in [0.2, 0.25) is 0 Å². The van der Waals surface area contributed by atoms with E-state index in [1.165, 1.54) is 71.5 Å². The Morgan fingerprint density at radius 3 is 1.94 bits per heavy atom. The first-order valence-corrected chi connectivity index (χ1v) is 12.8. The van der Waals surface area contributed by atoms with Crippen molar-refractivity contribution >= 4 is 34.9 Å². The van der Waals surface area contributed by atoms with Crippen LogP contribution in [-0.4, -0.2) is 7.85 Å². The average Bonchev–Trinajstić information content (AvgIpc) is 3.15. The van der Waals surface area contributed by atoms with E-state index in [0.29, 0.717) is 0 Å². The fourth-order valence-electron chi connectivity index (χ4n) is 6.38. The molecule has 6 aromatic rings. The highest BCUT2D eigenvalue weighted by molar-refractivity contribution is 6.47. The number of rotatable bonds is 2. The predicted octanol–water partition coefficient (Wildman–Crippen LogP) is 7.89. The predicted molar refractivity (Wildman–Crippen MR) is 158 cm³/mol. The molecule has 0 aromatic heterocycles. The van der Waals surface area contributed by atoms with Gasteiger partial charge in [0.25, 0.3) is 0 Å². The van der Waals surface area contributed by atoms with Gasteiger partial charge in [0.2, 0.25) is 0 Å². The summed E-state index contributed by atoms with van der Waals surface area (Å²) in [7, 11) is 2.26. The van der Waals surface area contributed by atoms with Crippen molar-refractivity contribution in [3.05, 3.63) is 126 Å². The van der Waals surface area contributed by atoms with Gasteiger partial charge in [0.1, 0.15) is 7.85 Å². The molecule has 0 fully saturated rings. The lowest BCUT2D eigenvalue weighted by atomic mass is 9.78. The Hall–Kier alpha value is -4.10. The van der Waals surface area contributed by atoms with Crippen molar-refractivity contribution in [1.29, 1.82) is 0 Å². The summed E-state index contributed by atoms with van der Waals surface area (Å²) < 4.78 is 0. The molecule has 7 rings (SSSR count). The summed E-state index contributed by atoms with van der Waals surface area (Å²) in [5.41, 5.74) is 12.0. The van der Waals surface area contributed by atoms with E-state index < -0.39 is 0 Å². The molecule has 1 aliphatic rings. The van der Waals surface area contributed by atoms with Crippen molar-refractivity contribution in [2.45, 2.75) is 19.3 Å². The summed E-state index contributed by atoms with van der Waals surface area (Å²) in [5.74, 6) is 0. The molecular formula is C35H27B. The molecule has 6 aromatic carbocycles. The first-order valence-electron chi connectivity index (χ1n) is 12.8. The Bertz CT molecular complexity index is 1810. The number of hydrogen-bond donors (Lipinski definition) is 0. The second-order valence-corrected chi connectivity index (χ2v) is 10.6. The van der Waals surface area contributed by atoms with Gasteiger partial charge in [-0.3, -0.25) is 0 Å². The van der Waals surface area contributed by atoms with E-state index in [1.807, 2.05) is 0 Å². The second-order valence-electron chi connectivity index (χ2n) is 10.6. The first-order chi connectivity index (χ1) is 17.5. The molecule has 170 valence electrons.